The third kappa shape index (κ3) is 4.75. The molecule has 0 spiro atoms. The first-order valence-corrected chi connectivity index (χ1v) is 5.90. The molecule has 0 aliphatic rings. The van der Waals surface area contributed by atoms with Gasteiger partial charge in [-0.15, -0.1) is 0 Å². The highest BCUT2D eigenvalue weighted by Gasteiger charge is 2.20. The Labute approximate surface area is 106 Å². The van der Waals surface area contributed by atoms with Crippen molar-refractivity contribution in [2.45, 2.75) is 25.9 Å². The van der Waals surface area contributed by atoms with Gasteiger partial charge in [0.15, 0.2) is 0 Å². The van der Waals surface area contributed by atoms with E-state index in [4.69, 9.17) is 21.4 Å². The number of hydrogen-bond donors (Lipinski definition) is 1. The number of carbonyl (C=O) groups is 1. The van der Waals surface area contributed by atoms with Gasteiger partial charge in [-0.3, -0.25) is 4.79 Å². The summed E-state index contributed by atoms with van der Waals surface area (Å²) in [5.41, 5.74) is 0.938. The average molecular weight is 257 g/mol. The number of carboxylic acid groups (broad SMARTS) is 1. The topological polar surface area (TPSA) is 46.5 Å². The van der Waals surface area contributed by atoms with E-state index in [2.05, 4.69) is 0 Å². The molecule has 0 aromatic heterocycles. The predicted octanol–water partition coefficient (Wildman–Crippen LogP) is 3.01. The second-order valence-electron chi connectivity index (χ2n) is 4.15. The monoisotopic (exact) mass is 256 g/mol. The summed E-state index contributed by atoms with van der Waals surface area (Å²) in [4.78, 5) is 11.2. The van der Waals surface area contributed by atoms with E-state index in [0.717, 1.165) is 5.56 Å². The molecule has 0 radical (unpaired) electrons. The molecule has 1 N–H and O–H groups in total. The minimum absolute atomic E-state index is 0.0599. The Morgan fingerprint density at radius 1 is 1.53 bits per heavy atom. The number of carboxylic acids is 1. The van der Waals surface area contributed by atoms with Gasteiger partial charge in [-0.2, -0.15) is 0 Å². The molecule has 94 valence electrons. The highest BCUT2D eigenvalue weighted by molar-refractivity contribution is 6.30. The molecule has 0 saturated carbocycles. The van der Waals surface area contributed by atoms with Crippen molar-refractivity contribution in [3.8, 4) is 0 Å². The molecule has 0 aliphatic heterocycles. The number of rotatable bonds is 6. The lowest BCUT2D eigenvalue weighted by atomic mass is 9.94. The molecule has 1 aromatic carbocycles. The standard InChI is InChI=1S/C13H17ClO3/c1-9(17-2)6-11(13(15)16)7-10-4-3-5-12(14)8-10/h3-5,8-9,11H,6-7H2,1-2H3,(H,15,16). The maximum atomic E-state index is 11.2. The largest absolute Gasteiger partial charge is 0.481 e. The van der Waals surface area contributed by atoms with Crippen LogP contribution >= 0.6 is 11.6 Å². The van der Waals surface area contributed by atoms with Crippen molar-refractivity contribution < 1.29 is 14.6 Å². The van der Waals surface area contributed by atoms with Crippen LogP contribution in [0.2, 0.25) is 5.02 Å². The molecule has 17 heavy (non-hydrogen) atoms. The van der Waals surface area contributed by atoms with Crippen molar-refractivity contribution in [1.29, 1.82) is 0 Å². The van der Waals surface area contributed by atoms with Crippen molar-refractivity contribution in [1.82, 2.24) is 0 Å². The first-order valence-electron chi connectivity index (χ1n) is 5.53. The molecule has 0 bridgehead atoms. The van der Waals surface area contributed by atoms with E-state index in [-0.39, 0.29) is 6.10 Å². The summed E-state index contributed by atoms with van der Waals surface area (Å²) in [7, 11) is 1.59. The zero-order valence-electron chi connectivity index (χ0n) is 10.0. The van der Waals surface area contributed by atoms with Crippen molar-refractivity contribution >= 4 is 17.6 Å². The van der Waals surface area contributed by atoms with Gasteiger partial charge in [-0.1, -0.05) is 23.7 Å². The molecular formula is C13H17ClO3. The van der Waals surface area contributed by atoms with Gasteiger partial charge in [0.25, 0.3) is 0 Å². The third-order valence-corrected chi connectivity index (χ3v) is 2.97. The van der Waals surface area contributed by atoms with Crippen molar-refractivity contribution in [3.05, 3.63) is 34.9 Å². The van der Waals surface area contributed by atoms with Crippen molar-refractivity contribution in [2.75, 3.05) is 7.11 Å². The van der Waals surface area contributed by atoms with Gasteiger partial charge in [-0.25, -0.2) is 0 Å². The fourth-order valence-corrected chi connectivity index (χ4v) is 1.93. The van der Waals surface area contributed by atoms with Crippen LogP contribution < -0.4 is 0 Å². The number of methoxy groups -OCH3 is 1. The summed E-state index contributed by atoms with van der Waals surface area (Å²) >= 11 is 5.87. The fourth-order valence-electron chi connectivity index (χ4n) is 1.72. The van der Waals surface area contributed by atoms with E-state index < -0.39 is 11.9 Å². The first-order chi connectivity index (χ1) is 8.02. The van der Waals surface area contributed by atoms with Crippen molar-refractivity contribution in [3.63, 3.8) is 0 Å². The lowest BCUT2D eigenvalue weighted by molar-refractivity contribution is -0.142. The highest BCUT2D eigenvalue weighted by atomic mass is 35.5. The maximum Gasteiger partial charge on any atom is 0.306 e. The minimum atomic E-state index is -0.797. The molecule has 3 nitrogen and oxygen atoms in total. The molecule has 2 unspecified atom stereocenters. The number of hydrogen-bond acceptors (Lipinski definition) is 2. The van der Waals surface area contributed by atoms with Gasteiger partial charge in [-0.05, 0) is 37.5 Å². The molecule has 1 rings (SSSR count). The Morgan fingerprint density at radius 2 is 2.24 bits per heavy atom. The lowest BCUT2D eigenvalue weighted by Crippen LogP contribution is -2.22. The van der Waals surface area contributed by atoms with Gasteiger partial charge in [0, 0.05) is 12.1 Å². The molecule has 0 amide bonds. The Bertz CT molecular complexity index is 379. The van der Waals surface area contributed by atoms with E-state index in [9.17, 15) is 4.79 Å². The number of ether oxygens (including phenoxy) is 1. The van der Waals surface area contributed by atoms with Gasteiger partial charge >= 0.3 is 5.97 Å². The second kappa shape index (κ2) is 6.62. The summed E-state index contributed by atoms with van der Waals surface area (Å²) in [6, 6.07) is 7.29. The number of benzene rings is 1. The van der Waals surface area contributed by atoms with E-state index in [0.29, 0.717) is 17.9 Å². The van der Waals surface area contributed by atoms with Crippen LogP contribution in [0.3, 0.4) is 0 Å². The van der Waals surface area contributed by atoms with E-state index in [1.807, 2.05) is 19.1 Å². The highest BCUT2D eigenvalue weighted by Crippen LogP contribution is 2.18. The molecular weight excluding hydrogens is 240 g/mol. The zero-order valence-corrected chi connectivity index (χ0v) is 10.8. The van der Waals surface area contributed by atoms with Crippen molar-refractivity contribution in [2.24, 2.45) is 5.92 Å². The summed E-state index contributed by atoms with van der Waals surface area (Å²) in [5, 5.41) is 9.79. The number of aliphatic carboxylic acids is 1. The molecule has 0 saturated heterocycles. The van der Waals surface area contributed by atoms with Crippen LogP contribution in [0.25, 0.3) is 0 Å². The lowest BCUT2D eigenvalue weighted by Gasteiger charge is -2.16. The summed E-state index contributed by atoms with van der Waals surface area (Å²) in [5.74, 6) is -1.24. The average Bonchev–Trinajstić information content (AvgIpc) is 2.27. The third-order valence-electron chi connectivity index (χ3n) is 2.74. The quantitative estimate of drug-likeness (QED) is 0.851. The summed E-state index contributed by atoms with van der Waals surface area (Å²) < 4.78 is 5.10. The van der Waals surface area contributed by atoms with Crippen LogP contribution in [0.5, 0.6) is 0 Å². The SMILES string of the molecule is COC(C)CC(Cc1cccc(Cl)c1)C(=O)O. The van der Waals surface area contributed by atoms with Gasteiger partial charge in [0.2, 0.25) is 0 Å². The van der Waals surface area contributed by atoms with E-state index >= 15 is 0 Å². The maximum absolute atomic E-state index is 11.2. The Balaban J connectivity index is 2.70. The first kappa shape index (κ1) is 14.0. The van der Waals surface area contributed by atoms with Gasteiger partial charge in [0.1, 0.15) is 0 Å². The van der Waals surface area contributed by atoms with Crippen LogP contribution in [0.15, 0.2) is 24.3 Å². The molecule has 0 heterocycles. The zero-order chi connectivity index (χ0) is 12.8. The predicted molar refractivity (Wildman–Crippen MR) is 67.4 cm³/mol. The fraction of sp³-hybridized carbons (Fsp3) is 0.462. The molecule has 2 atom stereocenters. The Hall–Kier alpha value is -1.06. The smallest absolute Gasteiger partial charge is 0.306 e. The second-order valence-corrected chi connectivity index (χ2v) is 4.59. The Kier molecular flexibility index (Phi) is 5.45. The van der Waals surface area contributed by atoms with E-state index in [1.54, 1.807) is 19.2 Å². The normalized spacial score (nSPS) is 14.3. The molecule has 1 aromatic rings. The molecule has 0 aliphatic carbocycles. The van der Waals surface area contributed by atoms with Crippen LogP contribution in [-0.2, 0) is 16.0 Å². The molecule has 0 fully saturated rings. The van der Waals surface area contributed by atoms with Crippen LogP contribution in [0, 0.1) is 5.92 Å². The van der Waals surface area contributed by atoms with Crippen LogP contribution in [0.4, 0.5) is 0 Å². The van der Waals surface area contributed by atoms with Crippen LogP contribution in [0.1, 0.15) is 18.9 Å². The molecule has 4 heteroatoms. The van der Waals surface area contributed by atoms with Crippen LogP contribution in [-0.4, -0.2) is 24.3 Å². The van der Waals surface area contributed by atoms with Gasteiger partial charge in [0.05, 0.1) is 12.0 Å². The van der Waals surface area contributed by atoms with Gasteiger partial charge < -0.3 is 9.84 Å². The summed E-state index contributed by atoms with van der Waals surface area (Å²) in [6.45, 7) is 1.87. The summed E-state index contributed by atoms with van der Waals surface area (Å²) in [6.07, 6.45) is 0.914. The number of halogens is 1. The Morgan fingerprint density at radius 3 is 2.76 bits per heavy atom. The minimum Gasteiger partial charge on any atom is -0.481 e. The van der Waals surface area contributed by atoms with E-state index in [1.165, 1.54) is 0 Å².